The molecule has 1 aliphatic rings. The highest BCUT2D eigenvalue weighted by Gasteiger charge is 2.26. The highest BCUT2D eigenvalue weighted by molar-refractivity contribution is 7.89. The van der Waals surface area contributed by atoms with Crippen molar-refractivity contribution in [3.05, 3.63) is 24.3 Å². The van der Waals surface area contributed by atoms with Gasteiger partial charge in [-0.25, -0.2) is 8.42 Å². The molecule has 0 bridgehead atoms. The van der Waals surface area contributed by atoms with E-state index in [1.165, 1.54) is 37.8 Å². The Bertz CT molecular complexity index is 654. The number of sulfonamides is 1. The second-order valence-corrected chi connectivity index (χ2v) is 8.00. The SMILES string of the molecule is COc1ccc(S(=O)(=O)N[C@@H](CO)C(=O)NCC2CCCCC2)cc1. The lowest BCUT2D eigenvalue weighted by atomic mass is 9.89. The lowest BCUT2D eigenvalue weighted by molar-refractivity contribution is -0.123. The van der Waals surface area contributed by atoms with Gasteiger partial charge in [-0.15, -0.1) is 0 Å². The van der Waals surface area contributed by atoms with Gasteiger partial charge in [-0.05, 0) is 43.0 Å². The molecular formula is C17H26N2O5S. The Morgan fingerprint density at radius 1 is 1.24 bits per heavy atom. The second-order valence-electron chi connectivity index (χ2n) is 6.28. The maximum atomic E-state index is 12.4. The Kier molecular flexibility index (Phi) is 7.22. The molecule has 1 aromatic carbocycles. The normalized spacial score (nSPS) is 17.0. The fourth-order valence-corrected chi connectivity index (χ4v) is 4.13. The van der Waals surface area contributed by atoms with Crippen LogP contribution in [0.5, 0.6) is 5.75 Å². The minimum Gasteiger partial charge on any atom is -0.497 e. The van der Waals surface area contributed by atoms with Crippen LogP contribution in [0.1, 0.15) is 32.1 Å². The summed E-state index contributed by atoms with van der Waals surface area (Å²) in [5.74, 6) is 0.447. The monoisotopic (exact) mass is 370 g/mol. The predicted octanol–water partition coefficient (Wildman–Crippen LogP) is 1.03. The molecule has 8 heteroatoms. The lowest BCUT2D eigenvalue weighted by Crippen LogP contribution is -2.49. The Hall–Kier alpha value is -1.64. The molecule has 1 atom stereocenters. The smallest absolute Gasteiger partial charge is 0.241 e. The number of amides is 1. The van der Waals surface area contributed by atoms with Crippen molar-refractivity contribution < 1.29 is 23.1 Å². The number of aliphatic hydroxyl groups excluding tert-OH is 1. The maximum absolute atomic E-state index is 12.4. The van der Waals surface area contributed by atoms with E-state index in [2.05, 4.69) is 10.0 Å². The molecular weight excluding hydrogens is 344 g/mol. The number of ether oxygens (including phenoxy) is 1. The van der Waals surface area contributed by atoms with E-state index in [-0.39, 0.29) is 4.90 Å². The number of hydrogen-bond acceptors (Lipinski definition) is 5. The van der Waals surface area contributed by atoms with E-state index in [4.69, 9.17) is 4.74 Å². The van der Waals surface area contributed by atoms with Crippen molar-refractivity contribution in [3.63, 3.8) is 0 Å². The molecule has 0 aliphatic heterocycles. The zero-order valence-electron chi connectivity index (χ0n) is 14.4. The van der Waals surface area contributed by atoms with Gasteiger partial charge in [-0.2, -0.15) is 4.72 Å². The van der Waals surface area contributed by atoms with Crippen molar-refractivity contribution in [2.75, 3.05) is 20.3 Å². The minimum absolute atomic E-state index is 0.00632. The highest BCUT2D eigenvalue weighted by Crippen LogP contribution is 2.22. The van der Waals surface area contributed by atoms with Crippen LogP contribution in [0.15, 0.2) is 29.2 Å². The van der Waals surface area contributed by atoms with Crippen LogP contribution in [0.3, 0.4) is 0 Å². The van der Waals surface area contributed by atoms with Crippen LogP contribution in [0.25, 0.3) is 0 Å². The second kappa shape index (κ2) is 9.17. The van der Waals surface area contributed by atoms with Gasteiger partial charge in [0.25, 0.3) is 0 Å². The average molecular weight is 370 g/mol. The van der Waals surface area contributed by atoms with Crippen molar-refractivity contribution in [3.8, 4) is 5.75 Å². The average Bonchev–Trinajstić information content (AvgIpc) is 2.65. The highest BCUT2D eigenvalue weighted by atomic mass is 32.2. The van der Waals surface area contributed by atoms with E-state index >= 15 is 0 Å². The Balaban J connectivity index is 1.95. The molecule has 0 heterocycles. The zero-order chi connectivity index (χ0) is 18.3. The Morgan fingerprint density at radius 3 is 2.44 bits per heavy atom. The quantitative estimate of drug-likeness (QED) is 0.634. The number of carbonyl (C=O) groups is 1. The first-order chi connectivity index (χ1) is 12.0. The first kappa shape index (κ1) is 19.7. The van der Waals surface area contributed by atoms with Gasteiger partial charge in [-0.3, -0.25) is 4.79 Å². The van der Waals surface area contributed by atoms with Crippen LogP contribution in [0, 0.1) is 5.92 Å². The number of aliphatic hydroxyl groups is 1. The largest absolute Gasteiger partial charge is 0.497 e. The van der Waals surface area contributed by atoms with Crippen LogP contribution >= 0.6 is 0 Å². The molecule has 0 aromatic heterocycles. The summed E-state index contributed by atoms with van der Waals surface area (Å²) in [5, 5.41) is 12.2. The van der Waals surface area contributed by atoms with E-state index in [0.29, 0.717) is 18.2 Å². The predicted molar refractivity (Wildman–Crippen MR) is 93.8 cm³/mol. The molecule has 140 valence electrons. The molecule has 1 fully saturated rings. The van der Waals surface area contributed by atoms with Crippen molar-refractivity contribution >= 4 is 15.9 Å². The first-order valence-electron chi connectivity index (χ1n) is 8.51. The molecule has 0 saturated heterocycles. The van der Waals surface area contributed by atoms with Gasteiger partial charge in [0.2, 0.25) is 15.9 Å². The van der Waals surface area contributed by atoms with Crippen LogP contribution in [0.4, 0.5) is 0 Å². The van der Waals surface area contributed by atoms with Gasteiger partial charge in [0.05, 0.1) is 18.6 Å². The summed E-state index contributed by atoms with van der Waals surface area (Å²) < 4.78 is 32.0. The third-order valence-electron chi connectivity index (χ3n) is 4.46. The summed E-state index contributed by atoms with van der Waals surface area (Å²) >= 11 is 0. The first-order valence-corrected chi connectivity index (χ1v) is 9.99. The zero-order valence-corrected chi connectivity index (χ0v) is 15.2. The van der Waals surface area contributed by atoms with Crippen LogP contribution in [-0.4, -0.2) is 45.7 Å². The number of rotatable bonds is 8. The van der Waals surface area contributed by atoms with Gasteiger partial charge in [-0.1, -0.05) is 19.3 Å². The van der Waals surface area contributed by atoms with Crippen LogP contribution in [-0.2, 0) is 14.8 Å². The van der Waals surface area contributed by atoms with Gasteiger partial charge >= 0.3 is 0 Å². The number of benzene rings is 1. The van der Waals surface area contributed by atoms with Crippen molar-refractivity contribution in [2.24, 2.45) is 5.92 Å². The van der Waals surface area contributed by atoms with Gasteiger partial charge in [0.15, 0.2) is 0 Å². The summed E-state index contributed by atoms with van der Waals surface area (Å²) in [6.45, 7) is -0.0918. The molecule has 25 heavy (non-hydrogen) atoms. The number of methoxy groups -OCH3 is 1. The molecule has 0 radical (unpaired) electrons. The molecule has 2 rings (SSSR count). The Morgan fingerprint density at radius 2 is 1.88 bits per heavy atom. The molecule has 0 spiro atoms. The Labute approximate surface area is 148 Å². The van der Waals surface area contributed by atoms with E-state index in [9.17, 15) is 18.3 Å². The molecule has 1 amide bonds. The fourth-order valence-electron chi connectivity index (χ4n) is 2.94. The van der Waals surface area contributed by atoms with E-state index < -0.39 is 28.6 Å². The van der Waals surface area contributed by atoms with Crippen molar-refractivity contribution in [2.45, 2.75) is 43.0 Å². The summed E-state index contributed by atoms with van der Waals surface area (Å²) in [6, 6.07) is 4.60. The fraction of sp³-hybridized carbons (Fsp3) is 0.588. The van der Waals surface area contributed by atoms with Gasteiger partial charge < -0.3 is 15.2 Å². The maximum Gasteiger partial charge on any atom is 0.241 e. The topological polar surface area (TPSA) is 105 Å². The molecule has 1 saturated carbocycles. The number of hydrogen-bond donors (Lipinski definition) is 3. The minimum atomic E-state index is -3.91. The van der Waals surface area contributed by atoms with Crippen molar-refractivity contribution in [1.82, 2.24) is 10.0 Å². The molecule has 1 aliphatic carbocycles. The van der Waals surface area contributed by atoms with E-state index in [0.717, 1.165) is 25.7 Å². The number of nitrogens with one attached hydrogen (secondary N) is 2. The van der Waals surface area contributed by atoms with E-state index in [1.807, 2.05) is 0 Å². The molecule has 3 N–H and O–H groups in total. The number of carbonyl (C=O) groups excluding carboxylic acids is 1. The third kappa shape index (κ3) is 5.69. The molecule has 7 nitrogen and oxygen atoms in total. The summed E-state index contributed by atoms with van der Waals surface area (Å²) in [4.78, 5) is 12.2. The van der Waals surface area contributed by atoms with Gasteiger partial charge in [0, 0.05) is 6.54 Å². The summed E-state index contributed by atoms with van der Waals surface area (Å²) in [7, 11) is -2.42. The summed E-state index contributed by atoms with van der Waals surface area (Å²) in [6.07, 6.45) is 5.69. The van der Waals surface area contributed by atoms with Crippen LogP contribution in [0.2, 0.25) is 0 Å². The van der Waals surface area contributed by atoms with Crippen molar-refractivity contribution in [1.29, 1.82) is 0 Å². The van der Waals surface area contributed by atoms with Gasteiger partial charge in [0.1, 0.15) is 11.8 Å². The van der Waals surface area contributed by atoms with Crippen LogP contribution < -0.4 is 14.8 Å². The molecule has 0 unspecified atom stereocenters. The standard InChI is InChI=1S/C17H26N2O5S/c1-24-14-7-9-15(10-8-14)25(22,23)19-16(12-20)17(21)18-11-13-5-3-2-4-6-13/h7-10,13,16,19-20H,2-6,11-12H2,1H3,(H,18,21)/t16-/m0/s1. The third-order valence-corrected chi connectivity index (χ3v) is 5.94. The molecule has 1 aromatic rings. The summed E-state index contributed by atoms with van der Waals surface area (Å²) in [5.41, 5.74) is 0. The lowest BCUT2D eigenvalue weighted by Gasteiger charge is -2.23. The van der Waals surface area contributed by atoms with E-state index in [1.54, 1.807) is 0 Å².